The molecule has 0 radical (unpaired) electrons. The fraction of sp³-hybridized carbons (Fsp3) is 0.524. The predicted molar refractivity (Wildman–Crippen MR) is 130 cm³/mol. The number of nitrogens with zero attached hydrogens (tertiary/aromatic N) is 4. The minimum absolute atomic E-state index is 0. The van der Waals surface area contributed by atoms with Crippen molar-refractivity contribution >= 4 is 29.9 Å². The van der Waals surface area contributed by atoms with Crippen LogP contribution < -0.4 is 15.4 Å². The fourth-order valence-corrected chi connectivity index (χ4v) is 2.83. The summed E-state index contributed by atoms with van der Waals surface area (Å²) in [6, 6.07) is 10.3. The Morgan fingerprint density at radius 3 is 2.66 bits per heavy atom. The zero-order valence-electron chi connectivity index (χ0n) is 18.2. The van der Waals surface area contributed by atoms with E-state index in [1.165, 1.54) is 5.69 Å². The summed E-state index contributed by atoms with van der Waals surface area (Å²) >= 11 is 0. The van der Waals surface area contributed by atoms with Gasteiger partial charge in [0.1, 0.15) is 12.4 Å². The molecule has 1 heterocycles. The molecule has 2 rings (SSSR count). The number of benzene rings is 1. The topological polar surface area (TPSA) is 66.7 Å². The number of halogens is 1. The van der Waals surface area contributed by atoms with Crippen LogP contribution in [0, 0.1) is 13.8 Å². The molecular formula is C21H35IN6O. The monoisotopic (exact) mass is 514 g/mol. The highest BCUT2D eigenvalue weighted by molar-refractivity contribution is 14.0. The maximum atomic E-state index is 5.80. The first-order valence-electron chi connectivity index (χ1n) is 9.80. The van der Waals surface area contributed by atoms with Crippen LogP contribution in [0.5, 0.6) is 5.75 Å². The van der Waals surface area contributed by atoms with E-state index >= 15 is 0 Å². The van der Waals surface area contributed by atoms with Crippen molar-refractivity contribution in [3.05, 3.63) is 47.3 Å². The summed E-state index contributed by atoms with van der Waals surface area (Å²) in [7, 11) is 5.87. The van der Waals surface area contributed by atoms with E-state index in [4.69, 9.17) is 4.74 Å². The number of guanidine groups is 1. The molecule has 0 bridgehead atoms. The minimum Gasteiger partial charge on any atom is -0.492 e. The zero-order chi connectivity index (χ0) is 20.4. The van der Waals surface area contributed by atoms with E-state index in [9.17, 15) is 0 Å². The molecule has 2 aromatic rings. The molecule has 7 nitrogen and oxygen atoms in total. The van der Waals surface area contributed by atoms with Crippen LogP contribution >= 0.6 is 24.0 Å². The van der Waals surface area contributed by atoms with Gasteiger partial charge in [0.25, 0.3) is 0 Å². The van der Waals surface area contributed by atoms with Gasteiger partial charge in [-0.15, -0.1) is 24.0 Å². The molecule has 0 atom stereocenters. The number of nitrogens with one attached hydrogen (secondary N) is 2. The Labute approximate surface area is 191 Å². The number of likely N-dealkylation sites (N-methyl/N-ethyl adjacent to an activating group) is 1. The molecule has 0 saturated carbocycles. The largest absolute Gasteiger partial charge is 0.492 e. The van der Waals surface area contributed by atoms with Crippen LogP contribution in [0.25, 0.3) is 0 Å². The van der Waals surface area contributed by atoms with Gasteiger partial charge >= 0.3 is 0 Å². The fourth-order valence-electron chi connectivity index (χ4n) is 2.83. The van der Waals surface area contributed by atoms with Crippen LogP contribution in [0.15, 0.2) is 35.3 Å². The number of aryl methyl sites for hydroxylation is 3. The summed E-state index contributed by atoms with van der Waals surface area (Å²) in [6.07, 6.45) is 0.984. The molecule has 0 aliphatic rings. The smallest absolute Gasteiger partial charge is 0.191 e. The van der Waals surface area contributed by atoms with Crippen molar-refractivity contribution in [1.29, 1.82) is 0 Å². The Morgan fingerprint density at radius 1 is 1.21 bits per heavy atom. The Kier molecular flexibility index (Phi) is 11.7. The number of hydrogen-bond acceptors (Lipinski definition) is 4. The maximum Gasteiger partial charge on any atom is 0.191 e. The molecular weight excluding hydrogens is 479 g/mol. The number of aromatic nitrogens is 2. The lowest BCUT2D eigenvalue weighted by Gasteiger charge is -2.14. The number of aliphatic imine (C=N–C) groups is 1. The van der Waals surface area contributed by atoms with Crippen LogP contribution in [-0.4, -0.2) is 61.5 Å². The van der Waals surface area contributed by atoms with Gasteiger partial charge in [-0.1, -0.05) is 12.1 Å². The van der Waals surface area contributed by atoms with Crippen LogP contribution in [0.1, 0.15) is 23.4 Å². The lowest BCUT2D eigenvalue weighted by atomic mass is 10.2. The lowest BCUT2D eigenvalue weighted by Crippen LogP contribution is -2.37. The molecule has 0 fully saturated rings. The molecule has 0 saturated heterocycles. The van der Waals surface area contributed by atoms with E-state index in [-0.39, 0.29) is 24.0 Å². The molecule has 0 aliphatic heterocycles. The summed E-state index contributed by atoms with van der Waals surface area (Å²) in [5.74, 6) is 1.70. The van der Waals surface area contributed by atoms with Gasteiger partial charge in [-0.05, 0) is 58.1 Å². The van der Waals surface area contributed by atoms with Crippen LogP contribution in [-0.2, 0) is 13.1 Å². The molecule has 2 N–H and O–H groups in total. The molecule has 162 valence electrons. The van der Waals surface area contributed by atoms with Gasteiger partial charge in [0.05, 0.1) is 5.69 Å². The minimum atomic E-state index is 0. The van der Waals surface area contributed by atoms with Gasteiger partial charge in [0, 0.05) is 38.9 Å². The Bertz CT molecular complexity index is 759. The molecule has 1 aromatic carbocycles. The zero-order valence-corrected chi connectivity index (χ0v) is 20.6. The van der Waals surface area contributed by atoms with Gasteiger partial charge in [0.15, 0.2) is 5.96 Å². The van der Waals surface area contributed by atoms with E-state index in [2.05, 4.69) is 55.4 Å². The molecule has 0 spiro atoms. The van der Waals surface area contributed by atoms with E-state index < -0.39 is 0 Å². The molecule has 8 heteroatoms. The maximum absolute atomic E-state index is 5.80. The first-order valence-corrected chi connectivity index (χ1v) is 9.80. The van der Waals surface area contributed by atoms with Crippen molar-refractivity contribution in [1.82, 2.24) is 25.3 Å². The Morgan fingerprint density at radius 2 is 2.00 bits per heavy atom. The van der Waals surface area contributed by atoms with Crippen molar-refractivity contribution in [2.75, 3.05) is 40.8 Å². The van der Waals surface area contributed by atoms with Crippen molar-refractivity contribution < 1.29 is 4.74 Å². The van der Waals surface area contributed by atoms with Gasteiger partial charge < -0.3 is 20.3 Å². The second-order valence-corrected chi connectivity index (χ2v) is 7.16. The summed E-state index contributed by atoms with van der Waals surface area (Å²) in [5, 5.41) is 11.2. The SMILES string of the molecule is CN=C(NCCCn1nc(C)cc1C)NCc1cccc(OCCN(C)C)c1.I. The highest BCUT2D eigenvalue weighted by atomic mass is 127. The third kappa shape index (κ3) is 9.49. The van der Waals surface area contributed by atoms with Gasteiger partial charge in [-0.25, -0.2) is 0 Å². The third-order valence-corrected chi connectivity index (χ3v) is 4.33. The Balaban J connectivity index is 0.00000420. The highest BCUT2D eigenvalue weighted by Gasteiger charge is 2.03. The molecule has 1 aromatic heterocycles. The number of hydrogen-bond donors (Lipinski definition) is 2. The standard InChI is InChI=1S/C21H34N6O.HI/c1-17-14-18(2)27(25-17)11-7-10-23-21(22-3)24-16-19-8-6-9-20(15-19)28-13-12-26(4)5;/h6,8-9,14-15H,7,10-13,16H2,1-5H3,(H2,22,23,24);1H. The molecule has 0 unspecified atom stereocenters. The van der Waals surface area contributed by atoms with Crippen molar-refractivity contribution in [3.8, 4) is 5.75 Å². The van der Waals surface area contributed by atoms with E-state index in [0.717, 1.165) is 49.0 Å². The van der Waals surface area contributed by atoms with Crippen molar-refractivity contribution in [2.24, 2.45) is 4.99 Å². The number of rotatable bonds is 10. The lowest BCUT2D eigenvalue weighted by molar-refractivity contribution is 0.261. The average molecular weight is 514 g/mol. The normalized spacial score (nSPS) is 11.3. The third-order valence-electron chi connectivity index (χ3n) is 4.33. The second kappa shape index (κ2) is 13.4. The quantitative estimate of drug-likeness (QED) is 0.221. The summed E-state index contributed by atoms with van der Waals surface area (Å²) < 4.78 is 7.85. The van der Waals surface area contributed by atoms with Gasteiger partial charge in [-0.2, -0.15) is 5.10 Å². The molecule has 0 amide bonds. The van der Waals surface area contributed by atoms with Crippen LogP contribution in [0.2, 0.25) is 0 Å². The van der Waals surface area contributed by atoms with Gasteiger partial charge in [0.2, 0.25) is 0 Å². The van der Waals surface area contributed by atoms with E-state index in [0.29, 0.717) is 13.2 Å². The van der Waals surface area contributed by atoms with Gasteiger partial charge in [-0.3, -0.25) is 9.67 Å². The van der Waals surface area contributed by atoms with Crippen LogP contribution in [0.3, 0.4) is 0 Å². The Hall–Kier alpha value is -1.81. The summed E-state index contributed by atoms with van der Waals surface area (Å²) in [4.78, 5) is 6.40. The predicted octanol–water partition coefficient (Wildman–Crippen LogP) is 2.81. The average Bonchev–Trinajstić information content (AvgIpc) is 2.98. The second-order valence-electron chi connectivity index (χ2n) is 7.16. The number of ether oxygens (including phenoxy) is 1. The molecule has 29 heavy (non-hydrogen) atoms. The first-order chi connectivity index (χ1) is 13.5. The highest BCUT2D eigenvalue weighted by Crippen LogP contribution is 2.13. The summed E-state index contributed by atoms with van der Waals surface area (Å²) in [5.41, 5.74) is 3.43. The van der Waals surface area contributed by atoms with E-state index in [1.54, 1.807) is 7.05 Å². The summed E-state index contributed by atoms with van der Waals surface area (Å²) in [6.45, 7) is 8.13. The van der Waals surface area contributed by atoms with Crippen molar-refractivity contribution in [3.63, 3.8) is 0 Å². The van der Waals surface area contributed by atoms with Crippen molar-refractivity contribution in [2.45, 2.75) is 33.4 Å². The molecule has 0 aliphatic carbocycles. The van der Waals surface area contributed by atoms with E-state index in [1.807, 2.05) is 33.2 Å². The first kappa shape index (κ1) is 25.2. The van der Waals surface area contributed by atoms with Crippen LogP contribution in [0.4, 0.5) is 0 Å².